The molecule has 0 radical (unpaired) electrons. The molecule has 23 heavy (non-hydrogen) atoms. The third-order valence-corrected chi connectivity index (χ3v) is 3.36. The van der Waals surface area contributed by atoms with Gasteiger partial charge in [-0.25, -0.2) is 0 Å². The van der Waals surface area contributed by atoms with Crippen LogP contribution in [0.15, 0.2) is 42.5 Å². The van der Waals surface area contributed by atoms with E-state index in [1.165, 1.54) is 0 Å². The van der Waals surface area contributed by atoms with Gasteiger partial charge in [0.2, 0.25) is 0 Å². The average molecular weight is 315 g/mol. The number of anilines is 1. The summed E-state index contributed by atoms with van der Waals surface area (Å²) in [6, 6.07) is 12.8. The monoisotopic (exact) mass is 315 g/mol. The summed E-state index contributed by atoms with van der Waals surface area (Å²) in [6.45, 7) is 3.65. The molecular formula is C18H21NO4. The summed E-state index contributed by atoms with van der Waals surface area (Å²) in [5.74, 6) is 1.46. The zero-order valence-electron chi connectivity index (χ0n) is 13.8. The highest BCUT2D eigenvalue weighted by Gasteiger charge is 2.18. The van der Waals surface area contributed by atoms with E-state index in [0.29, 0.717) is 22.9 Å². The van der Waals surface area contributed by atoms with Gasteiger partial charge in [-0.3, -0.25) is 4.79 Å². The zero-order chi connectivity index (χ0) is 16.8. The van der Waals surface area contributed by atoms with Crippen molar-refractivity contribution in [3.63, 3.8) is 0 Å². The number of hydrogen-bond acceptors (Lipinski definition) is 4. The number of rotatable bonds is 6. The Morgan fingerprint density at radius 3 is 2.39 bits per heavy atom. The second-order valence-corrected chi connectivity index (χ2v) is 5.10. The minimum absolute atomic E-state index is 0.267. The van der Waals surface area contributed by atoms with E-state index in [-0.39, 0.29) is 5.91 Å². The van der Waals surface area contributed by atoms with E-state index < -0.39 is 6.10 Å². The van der Waals surface area contributed by atoms with E-state index in [1.54, 1.807) is 39.3 Å². The third kappa shape index (κ3) is 4.16. The Labute approximate surface area is 136 Å². The summed E-state index contributed by atoms with van der Waals surface area (Å²) in [5, 5.41) is 2.80. The number of nitrogens with one attached hydrogen (secondary N) is 1. The zero-order valence-corrected chi connectivity index (χ0v) is 13.8. The third-order valence-electron chi connectivity index (χ3n) is 3.36. The van der Waals surface area contributed by atoms with Crippen molar-refractivity contribution in [2.45, 2.75) is 20.0 Å². The lowest BCUT2D eigenvalue weighted by Gasteiger charge is -2.17. The topological polar surface area (TPSA) is 56.8 Å². The van der Waals surface area contributed by atoms with Crippen molar-refractivity contribution >= 4 is 11.6 Å². The quantitative estimate of drug-likeness (QED) is 0.887. The molecule has 0 unspecified atom stereocenters. The number of benzene rings is 2. The first-order valence-corrected chi connectivity index (χ1v) is 7.30. The highest BCUT2D eigenvalue weighted by Crippen LogP contribution is 2.29. The van der Waals surface area contributed by atoms with Crippen LogP contribution in [-0.2, 0) is 4.79 Å². The lowest BCUT2D eigenvalue weighted by atomic mass is 10.2. The van der Waals surface area contributed by atoms with Crippen molar-refractivity contribution in [1.29, 1.82) is 0 Å². The normalized spacial score (nSPS) is 11.5. The van der Waals surface area contributed by atoms with Gasteiger partial charge in [0.1, 0.15) is 5.75 Å². The Morgan fingerprint density at radius 1 is 1.00 bits per heavy atom. The largest absolute Gasteiger partial charge is 0.495 e. The molecular weight excluding hydrogens is 294 g/mol. The summed E-state index contributed by atoms with van der Waals surface area (Å²) in [4.78, 5) is 12.3. The Kier molecular flexibility index (Phi) is 5.46. The van der Waals surface area contributed by atoms with Gasteiger partial charge in [0, 0.05) is 0 Å². The van der Waals surface area contributed by atoms with Crippen molar-refractivity contribution in [3.8, 4) is 17.2 Å². The molecule has 0 bridgehead atoms. The Morgan fingerprint density at radius 2 is 1.70 bits per heavy atom. The summed E-state index contributed by atoms with van der Waals surface area (Å²) in [6.07, 6.45) is -0.684. The van der Waals surface area contributed by atoms with Gasteiger partial charge in [-0.15, -0.1) is 0 Å². The van der Waals surface area contributed by atoms with Gasteiger partial charge in [-0.2, -0.15) is 0 Å². The number of hydrogen-bond donors (Lipinski definition) is 1. The molecule has 0 aliphatic rings. The molecule has 0 spiro atoms. The molecule has 1 atom stereocenters. The van der Waals surface area contributed by atoms with Gasteiger partial charge in [-0.1, -0.05) is 18.2 Å². The predicted octanol–water partition coefficient (Wildman–Crippen LogP) is 3.42. The fourth-order valence-corrected chi connectivity index (χ4v) is 2.10. The number of para-hydroxylation sites is 2. The standard InChI is InChI=1S/C18H21NO4/c1-12-9-10-16(17(11-12)22-4)23-13(2)18(20)19-14-7-5-6-8-15(14)21-3/h5-11,13H,1-4H3,(H,19,20)/t13-/m1/s1. The van der Waals surface area contributed by atoms with Crippen molar-refractivity contribution in [2.75, 3.05) is 19.5 Å². The SMILES string of the molecule is COc1ccccc1NC(=O)[C@@H](C)Oc1ccc(C)cc1OC. The van der Waals surface area contributed by atoms with Gasteiger partial charge in [0.15, 0.2) is 17.6 Å². The second-order valence-electron chi connectivity index (χ2n) is 5.10. The fourth-order valence-electron chi connectivity index (χ4n) is 2.10. The number of ether oxygens (including phenoxy) is 3. The second kappa shape index (κ2) is 7.54. The Hall–Kier alpha value is -2.69. The van der Waals surface area contributed by atoms with Gasteiger partial charge in [-0.05, 0) is 43.7 Å². The van der Waals surface area contributed by atoms with Crippen molar-refractivity contribution < 1.29 is 19.0 Å². The van der Waals surface area contributed by atoms with E-state index >= 15 is 0 Å². The van der Waals surface area contributed by atoms with Gasteiger partial charge < -0.3 is 19.5 Å². The molecule has 5 nitrogen and oxygen atoms in total. The summed E-state index contributed by atoms with van der Waals surface area (Å²) in [5.41, 5.74) is 1.66. The van der Waals surface area contributed by atoms with Crippen LogP contribution in [-0.4, -0.2) is 26.2 Å². The van der Waals surface area contributed by atoms with Crippen molar-refractivity contribution in [2.24, 2.45) is 0 Å². The molecule has 0 aromatic heterocycles. The van der Waals surface area contributed by atoms with Crippen LogP contribution in [0.1, 0.15) is 12.5 Å². The van der Waals surface area contributed by atoms with Crippen molar-refractivity contribution in [3.05, 3.63) is 48.0 Å². The molecule has 0 heterocycles. The highest BCUT2D eigenvalue weighted by molar-refractivity contribution is 5.95. The van der Waals surface area contributed by atoms with E-state index in [4.69, 9.17) is 14.2 Å². The molecule has 1 amide bonds. The van der Waals surface area contributed by atoms with Gasteiger partial charge in [0.25, 0.3) is 5.91 Å². The molecule has 1 N–H and O–H groups in total. The summed E-state index contributed by atoms with van der Waals surface area (Å²) < 4.78 is 16.2. The molecule has 2 rings (SSSR count). The summed E-state index contributed by atoms with van der Waals surface area (Å²) in [7, 11) is 3.13. The van der Waals surface area contributed by atoms with Crippen LogP contribution in [0.3, 0.4) is 0 Å². The van der Waals surface area contributed by atoms with E-state index in [1.807, 2.05) is 31.2 Å². The average Bonchev–Trinajstić information content (AvgIpc) is 2.56. The minimum Gasteiger partial charge on any atom is -0.495 e. The maximum Gasteiger partial charge on any atom is 0.265 e. The smallest absolute Gasteiger partial charge is 0.265 e. The number of methoxy groups -OCH3 is 2. The lowest BCUT2D eigenvalue weighted by Crippen LogP contribution is -2.30. The van der Waals surface area contributed by atoms with Crippen LogP contribution < -0.4 is 19.5 Å². The highest BCUT2D eigenvalue weighted by atomic mass is 16.5. The fraction of sp³-hybridized carbons (Fsp3) is 0.278. The van der Waals surface area contributed by atoms with Crippen LogP contribution in [0.2, 0.25) is 0 Å². The number of carbonyl (C=O) groups excluding carboxylic acids is 1. The van der Waals surface area contributed by atoms with Crippen LogP contribution in [0, 0.1) is 6.92 Å². The maximum absolute atomic E-state index is 12.3. The maximum atomic E-state index is 12.3. The Bertz CT molecular complexity index is 684. The van der Waals surface area contributed by atoms with E-state index in [9.17, 15) is 4.79 Å². The van der Waals surface area contributed by atoms with E-state index in [0.717, 1.165) is 5.56 Å². The number of amides is 1. The molecule has 122 valence electrons. The first kappa shape index (κ1) is 16.7. The Balaban J connectivity index is 2.08. The first-order chi connectivity index (χ1) is 11.0. The molecule has 5 heteroatoms. The molecule has 0 aliphatic carbocycles. The summed E-state index contributed by atoms with van der Waals surface area (Å²) >= 11 is 0. The van der Waals surface area contributed by atoms with Crippen LogP contribution in [0.25, 0.3) is 0 Å². The van der Waals surface area contributed by atoms with Gasteiger partial charge >= 0.3 is 0 Å². The first-order valence-electron chi connectivity index (χ1n) is 7.30. The van der Waals surface area contributed by atoms with Crippen LogP contribution in [0.4, 0.5) is 5.69 Å². The molecule has 2 aromatic carbocycles. The van der Waals surface area contributed by atoms with Crippen LogP contribution >= 0.6 is 0 Å². The van der Waals surface area contributed by atoms with Crippen LogP contribution in [0.5, 0.6) is 17.2 Å². The number of carbonyl (C=O) groups is 1. The lowest BCUT2D eigenvalue weighted by molar-refractivity contribution is -0.122. The predicted molar refractivity (Wildman–Crippen MR) is 89.4 cm³/mol. The minimum atomic E-state index is -0.684. The van der Waals surface area contributed by atoms with E-state index in [2.05, 4.69) is 5.32 Å². The molecule has 0 aliphatic heterocycles. The van der Waals surface area contributed by atoms with Gasteiger partial charge in [0.05, 0.1) is 19.9 Å². The van der Waals surface area contributed by atoms with Crippen molar-refractivity contribution in [1.82, 2.24) is 0 Å². The molecule has 0 saturated heterocycles. The molecule has 0 saturated carbocycles. The number of aryl methyl sites for hydroxylation is 1. The molecule has 0 fully saturated rings. The molecule has 2 aromatic rings.